The highest BCUT2D eigenvalue weighted by Gasteiger charge is 2.40. The summed E-state index contributed by atoms with van der Waals surface area (Å²) in [7, 11) is 0. The summed E-state index contributed by atoms with van der Waals surface area (Å²) < 4.78 is 44.3. The number of benzene rings is 1. The summed E-state index contributed by atoms with van der Waals surface area (Å²) in [6, 6.07) is 7.62. The lowest BCUT2D eigenvalue weighted by Crippen LogP contribution is -2.42. The molecule has 1 aromatic heterocycles. The summed E-state index contributed by atoms with van der Waals surface area (Å²) >= 11 is 6.50. The molecular formula is C22H18F3NO4S2. The number of aliphatic carboxylic acids is 1. The number of carbonyl (C=O) groups excluding carboxylic acids is 1. The van der Waals surface area contributed by atoms with Gasteiger partial charge in [0.25, 0.3) is 5.91 Å². The molecule has 2 fully saturated rings. The molecule has 32 heavy (non-hydrogen) atoms. The normalized spacial score (nSPS) is 23.2. The third kappa shape index (κ3) is 4.61. The molecule has 4 rings (SSSR count). The van der Waals surface area contributed by atoms with Crippen LogP contribution in [0.2, 0.25) is 0 Å². The fourth-order valence-corrected chi connectivity index (χ4v) is 5.34. The third-order valence-corrected chi connectivity index (χ3v) is 6.91. The molecule has 10 heteroatoms. The second-order valence-corrected chi connectivity index (χ2v) is 9.36. The number of carboxylic acid groups (broad SMARTS) is 1. The van der Waals surface area contributed by atoms with Crippen LogP contribution in [0, 0.1) is 5.92 Å². The van der Waals surface area contributed by atoms with E-state index < -0.39 is 23.6 Å². The highest BCUT2D eigenvalue weighted by Crippen LogP contribution is 2.39. The van der Waals surface area contributed by atoms with Crippen molar-refractivity contribution in [1.82, 2.24) is 4.90 Å². The average molecular weight is 482 g/mol. The molecule has 1 saturated carbocycles. The lowest BCUT2D eigenvalue weighted by Gasteiger charge is -2.32. The van der Waals surface area contributed by atoms with Crippen molar-refractivity contribution in [2.45, 2.75) is 37.9 Å². The van der Waals surface area contributed by atoms with Gasteiger partial charge < -0.3 is 9.52 Å². The Bertz CT molecular complexity index is 1090. The van der Waals surface area contributed by atoms with Gasteiger partial charge in [0, 0.05) is 17.7 Å². The van der Waals surface area contributed by atoms with Gasteiger partial charge in [-0.05, 0) is 43.5 Å². The van der Waals surface area contributed by atoms with Gasteiger partial charge >= 0.3 is 12.1 Å². The topological polar surface area (TPSA) is 70.8 Å². The van der Waals surface area contributed by atoms with Crippen molar-refractivity contribution in [3.05, 3.63) is 52.6 Å². The van der Waals surface area contributed by atoms with Gasteiger partial charge in [-0.1, -0.05) is 42.5 Å². The number of hydrogen-bond acceptors (Lipinski definition) is 5. The molecule has 1 aliphatic heterocycles. The maximum Gasteiger partial charge on any atom is 0.416 e. The molecule has 1 saturated heterocycles. The molecule has 2 aromatic rings. The summed E-state index contributed by atoms with van der Waals surface area (Å²) in [6.07, 6.45) is -0.493. The number of thiocarbonyl (C=S) groups is 1. The lowest BCUT2D eigenvalue weighted by molar-refractivity contribution is -0.144. The average Bonchev–Trinajstić information content (AvgIpc) is 3.32. The van der Waals surface area contributed by atoms with E-state index in [-0.39, 0.29) is 11.9 Å². The molecule has 2 atom stereocenters. The van der Waals surface area contributed by atoms with Crippen LogP contribution in [0.4, 0.5) is 13.2 Å². The molecule has 1 N–H and O–H groups in total. The molecule has 168 valence electrons. The van der Waals surface area contributed by atoms with Crippen LogP contribution >= 0.6 is 24.0 Å². The molecule has 2 heterocycles. The first-order valence-corrected chi connectivity index (χ1v) is 11.1. The SMILES string of the molecule is O=C(O)C1CCCC(N2C(=O)C(=Cc3ccc(-c4ccc(C(F)(F)F)cc4)o3)SC2=S)C1. The Morgan fingerprint density at radius 3 is 2.56 bits per heavy atom. The van der Waals surface area contributed by atoms with E-state index in [1.807, 2.05) is 0 Å². The first-order valence-electron chi connectivity index (χ1n) is 9.91. The zero-order valence-corrected chi connectivity index (χ0v) is 18.2. The maximum absolute atomic E-state index is 13.0. The van der Waals surface area contributed by atoms with E-state index in [0.717, 1.165) is 23.9 Å². The number of thioether (sulfide) groups is 1. The van der Waals surface area contributed by atoms with Crippen molar-refractivity contribution in [2.24, 2.45) is 5.92 Å². The van der Waals surface area contributed by atoms with E-state index in [0.29, 0.717) is 52.0 Å². The Balaban J connectivity index is 1.50. The molecular weight excluding hydrogens is 463 g/mol. The van der Waals surface area contributed by atoms with Gasteiger partial charge in [0.15, 0.2) is 0 Å². The van der Waals surface area contributed by atoms with E-state index in [2.05, 4.69) is 0 Å². The molecule has 1 aromatic carbocycles. The largest absolute Gasteiger partial charge is 0.481 e. The fraction of sp³-hybridized carbons (Fsp3) is 0.318. The van der Waals surface area contributed by atoms with E-state index in [4.69, 9.17) is 16.6 Å². The van der Waals surface area contributed by atoms with Gasteiger partial charge in [-0.25, -0.2) is 0 Å². The zero-order valence-electron chi connectivity index (χ0n) is 16.6. The fourth-order valence-electron chi connectivity index (χ4n) is 3.96. The van der Waals surface area contributed by atoms with Crippen molar-refractivity contribution in [2.75, 3.05) is 0 Å². The Hall–Kier alpha value is -2.59. The molecule has 0 bridgehead atoms. The van der Waals surface area contributed by atoms with Crippen LogP contribution < -0.4 is 0 Å². The molecule has 0 spiro atoms. The predicted octanol–water partition coefficient (Wildman–Crippen LogP) is 5.81. The van der Waals surface area contributed by atoms with E-state index >= 15 is 0 Å². The van der Waals surface area contributed by atoms with Crippen molar-refractivity contribution in [1.29, 1.82) is 0 Å². The van der Waals surface area contributed by atoms with Crippen molar-refractivity contribution in [3.63, 3.8) is 0 Å². The van der Waals surface area contributed by atoms with Gasteiger partial charge in [-0.15, -0.1) is 0 Å². The van der Waals surface area contributed by atoms with Gasteiger partial charge in [-0.2, -0.15) is 13.2 Å². The summed E-state index contributed by atoms with van der Waals surface area (Å²) in [6.45, 7) is 0. The summed E-state index contributed by atoms with van der Waals surface area (Å²) in [5.74, 6) is -0.895. The number of furan rings is 1. The maximum atomic E-state index is 13.0. The minimum absolute atomic E-state index is 0.248. The zero-order chi connectivity index (χ0) is 23.0. The smallest absolute Gasteiger partial charge is 0.416 e. The summed E-state index contributed by atoms with van der Waals surface area (Å²) in [5, 5.41) is 9.31. The molecule has 2 aliphatic rings. The number of rotatable bonds is 4. The molecule has 5 nitrogen and oxygen atoms in total. The highest BCUT2D eigenvalue weighted by atomic mass is 32.2. The van der Waals surface area contributed by atoms with Gasteiger partial charge in [-0.3, -0.25) is 14.5 Å². The van der Waals surface area contributed by atoms with Crippen LogP contribution in [0.25, 0.3) is 17.4 Å². The first-order chi connectivity index (χ1) is 15.1. The number of alkyl halides is 3. The van der Waals surface area contributed by atoms with E-state index in [1.165, 1.54) is 17.0 Å². The minimum Gasteiger partial charge on any atom is -0.481 e. The van der Waals surface area contributed by atoms with E-state index in [1.54, 1.807) is 18.2 Å². The van der Waals surface area contributed by atoms with Crippen LogP contribution in [0.5, 0.6) is 0 Å². The van der Waals surface area contributed by atoms with Gasteiger partial charge in [0.2, 0.25) is 0 Å². The number of carboxylic acids is 1. The lowest BCUT2D eigenvalue weighted by atomic mass is 9.85. The van der Waals surface area contributed by atoms with Crippen LogP contribution in [0.15, 0.2) is 45.7 Å². The van der Waals surface area contributed by atoms with Crippen molar-refractivity contribution < 1.29 is 32.3 Å². The second-order valence-electron chi connectivity index (χ2n) is 7.68. The molecule has 1 amide bonds. The van der Waals surface area contributed by atoms with Crippen LogP contribution in [-0.2, 0) is 15.8 Å². The van der Waals surface area contributed by atoms with Gasteiger partial charge in [0.1, 0.15) is 15.8 Å². The molecule has 2 unspecified atom stereocenters. The quantitative estimate of drug-likeness (QED) is 0.439. The van der Waals surface area contributed by atoms with E-state index in [9.17, 15) is 27.9 Å². The number of carbonyl (C=O) groups is 2. The van der Waals surface area contributed by atoms with Crippen LogP contribution in [0.1, 0.15) is 37.0 Å². The van der Waals surface area contributed by atoms with Crippen molar-refractivity contribution in [3.8, 4) is 11.3 Å². The Morgan fingerprint density at radius 2 is 1.91 bits per heavy atom. The predicted molar refractivity (Wildman–Crippen MR) is 118 cm³/mol. The summed E-state index contributed by atoms with van der Waals surface area (Å²) in [4.78, 5) is 26.2. The number of nitrogens with zero attached hydrogens (tertiary/aromatic N) is 1. The second kappa shape index (κ2) is 8.74. The van der Waals surface area contributed by atoms with Crippen LogP contribution in [0.3, 0.4) is 0 Å². The standard InChI is InChI=1S/C22H18F3NO4S2/c23-22(24,25)14-6-4-12(5-7-14)17-9-8-16(30-17)11-18-19(27)26(21(31)32-18)15-3-1-2-13(10-15)20(28)29/h4-9,11,13,15H,1-3,10H2,(H,28,29). The Labute approximate surface area is 191 Å². The number of halogens is 3. The monoisotopic (exact) mass is 481 g/mol. The number of amides is 1. The first kappa shape index (κ1) is 22.6. The summed E-state index contributed by atoms with van der Waals surface area (Å²) in [5.41, 5.74) is -0.267. The van der Waals surface area contributed by atoms with Crippen LogP contribution in [-0.4, -0.2) is 32.2 Å². The molecule has 0 radical (unpaired) electrons. The number of hydrogen-bond donors (Lipinski definition) is 1. The minimum atomic E-state index is -4.41. The highest BCUT2D eigenvalue weighted by molar-refractivity contribution is 8.26. The third-order valence-electron chi connectivity index (χ3n) is 5.58. The Morgan fingerprint density at radius 1 is 1.19 bits per heavy atom. The van der Waals surface area contributed by atoms with Crippen molar-refractivity contribution >= 4 is 46.3 Å². The Kier molecular flexibility index (Phi) is 6.17. The molecule has 1 aliphatic carbocycles. The van der Waals surface area contributed by atoms with Gasteiger partial charge in [0.05, 0.1) is 16.4 Å².